The lowest BCUT2D eigenvalue weighted by Crippen LogP contribution is -2.24. The average Bonchev–Trinajstić information content (AvgIpc) is 2.80. The molecule has 146 valence electrons. The van der Waals surface area contributed by atoms with Crippen LogP contribution >= 0.6 is 0 Å². The molecule has 0 unspecified atom stereocenters. The normalized spacial score (nSPS) is 14.4. The van der Waals surface area contributed by atoms with Crippen LogP contribution in [-0.2, 0) is 5.41 Å². The molecule has 0 aliphatic heterocycles. The van der Waals surface area contributed by atoms with Gasteiger partial charge < -0.3 is 0 Å². The second-order valence-electron chi connectivity index (χ2n) is 9.37. The van der Waals surface area contributed by atoms with Crippen molar-refractivity contribution in [2.45, 2.75) is 19.3 Å². The van der Waals surface area contributed by atoms with Crippen molar-refractivity contribution in [3.8, 4) is 11.1 Å². The van der Waals surface area contributed by atoms with E-state index in [0.717, 1.165) is 0 Å². The molecule has 0 bridgehead atoms. The summed E-state index contributed by atoms with van der Waals surface area (Å²) in [4.78, 5) is 0. The molecular formula is C31H22. The molecule has 0 saturated heterocycles. The van der Waals surface area contributed by atoms with Gasteiger partial charge in [0.05, 0.1) is 0 Å². The monoisotopic (exact) mass is 394 g/mol. The minimum Gasteiger partial charge on any atom is -0.0616 e. The van der Waals surface area contributed by atoms with Crippen LogP contribution in [0.4, 0.5) is 0 Å². The average molecular weight is 395 g/mol. The second kappa shape index (κ2) is 5.74. The van der Waals surface area contributed by atoms with Crippen molar-refractivity contribution in [2.24, 2.45) is 0 Å². The van der Waals surface area contributed by atoms with E-state index in [1.165, 1.54) is 65.3 Å². The second-order valence-corrected chi connectivity index (χ2v) is 9.37. The highest BCUT2D eigenvalue weighted by Gasteiger charge is 2.35. The number of hydrogen-bond donors (Lipinski definition) is 0. The van der Waals surface area contributed by atoms with Crippen molar-refractivity contribution in [3.05, 3.63) is 108 Å². The van der Waals surface area contributed by atoms with E-state index in [2.05, 4.69) is 111 Å². The minimum atomic E-state index is -0.0601. The molecule has 0 atom stereocenters. The van der Waals surface area contributed by atoms with Crippen LogP contribution in [0.1, 0.15) is 25.0 Å². The molecule has 31 heavy (non-hydrogen) atoms. The van der Waals surface area contributed by atoms with Gasteiger partial charge in [0.2, 0.25) is 0 Å². The lowest BCUT2D eigenvalue weighted by Gasteiger charge is -2.36. The van der Waals surface area contributed by atoms with Crippen molar-refractivity contribution < 1.29 is 0 Å². The van der Waals surface area contributed by atoms with Crippen LogP contribution in [0.3, 0.4) is 0 Å². The first-order chi connectivity index (χ1) is 15.1. The number of hydrogen-bond acceptors (Lipinski definition) is 0. The third-order valence-electron chi connectivity index (χ3n) is 7.39. The van der Waals surface area contributed by atoms with Gasteiger partial charge >= 0.3 is 0 Å². The summed E-state index contributed by atoms with van der Waals surface area (Å²) < 4.78 is 0. The molecule has 0 N–H and O–H groups in total. The van der Waals surface area contributed by atoms with E-state index in [1.807, 2.05) is 0 Å². The summed E-state index contributed by atoms with van der Waals surface area (Å²) in [6.07, 6.45) is 0. The zero-order valence-electron chi connectivity index (χ0n) is 17.7. The molecule has 0 nitrogen and oxygen atoms in total. The first kappa shape index (κ1) is 17.1. The van der Waals surface area contributed by atoms with Crippen LogP contribution in [0, 0.1) is 0 Å². The highest BCUT2D eigenvalue weighted by atomic mass is 14.4. The first-order valence-corrected chi connectivity index (χ1v) is 11.0. The summed E-state index contributed by atoms with van der Waals surface area (Å²) >= 11 is 0. The number of benzene rings is 6. The molecule has 1 aliphatic carbocycles. The molecule has 1 aliphatic rings. The van der Waals surface area contributed by atoms with Crippen molar-refractivity contribution in [1.29, 1.82) is 0 Å². The lowest BCUT2D eigenvalue weighted by molar-refractivity contribution is 0.646. The van der Waals surface area contributed by atoms with E-state index in [9.17, 15) is 0 Å². The Labute approximate surface area is 181 Å². The van der Waals surface area contributed by atoms with Gasteiger partial charge in [-0.05, 0) is 71.4 Å². The molecule has 0 fully saturated rings. The first-order valence-electron chi connectivity index (χ1n) is 11.0. The molecule has 0 aromatic heterocycles. The minimum absolute atomic E-state index is 0.0601. The van der Waals surface area contributed by atoms with Gasteiger partial charge in [0.15, 0.2) is 0 Å². The predicted octanol–water partition coefficient (Wildman–Crippen LogP) is 8.61. The van der Waals surface area contributed by atoms with Gasteiger partial charge in [-0.3, -0.25) is 0 Å². The van der Waals surface area contributed by atoms with Crippen LogP contribution in [0.15, 0.2) is 97.1 Å². The largest absolute Gasteiger partial charge is 0.0616 e. The van der Waals surface area contributed by atoms with E-state index < -0.39 is 0 Å². The molecule has 0 heterocycles. The maximum absolute atomic E-state index is 2.38. The topological polar surface area (TPSA) is 0 Å². The molecule has 0 saturated carbocycles. The molecule has 0 amide bonds. The molecule has 0 radical (unpaired) electrons. The van der Waals surface area contributed by atoms with Gasteiger partial charge in [0.1, 0.15) is 0 Å². The SMILES string of the molecule is CC1(C)c2ccc3ccc4ccccc4c3c2-c2c3ccccc3cc3cccc1c23. The molecule has 7 rings (SSSR count). The van der Waals surface area contributed by atoms with E-state index in [1.54, 1.807) is 0 Å². The zero-order valence-corrected chi connectivity index (χ0v) is 17.7. The Bertz CT molecular complexity index is 1700. The molecule has 0 heteroatoms. The van der Waals surface area contributed by atoms with E-state index >= 15 is 0 Å². The van der Waals surface area contributed by atoms with Crippen LogP contribution in [-0.4, -0.2) is 0 Å². The van der Waals surface area contributed by atoms with Crippen molar-refractivity contribution >= 4 is 43.1 Å². The lowest BCUT2D eigenvalue weighted by atomic mass is 9.66. The molecule has 0 spiro atoms. The quantitative estimate of drug-likeness (QED) is 0.179. The third kappa shape index (κ3) is 2.10. The summed E-state index contributed by atoms with van der Waals surface area (Å²) in [5, 5.41) is 10.8. The summed E-state index contributed by atoms with van der Waals surface area (Å²) in [6.45, 7) is 4.77. The van der Waals surface area contributed by atoms with Gasteiger partial charge in [-0.25, -0.2) is 0 Å². The standard InChI is InChI=1S/C31H22/c1-31(2)25-13-7-10-22-18-21-9-4-6-12-24(21)29(28(22)25)30-26(31)17-16-20-15-14-19-8-3-5-11-23(19)27(20)30/h3-18H,1-2H3. The van der Waals surface area contributed by atoms with Gasteiger partial charge in [-0.1, -0.05) is 105 Å². The van der Waals surface area contributed by atoms with E-state index in [0.29, 0.717) is 0 Å². The van der Waals surface area contributed by atoms with E-state index in [-0.39, 0.29) is 5.41 Å². The highest BCUT2D eigenvalue weighted by Crippen LogP contribution is 2.53. The van der Waals surface area contributed by atoms with Gasteiger partial charge in [0.25, 0.3) is 0 Å². The molecule has 6 aromatic carbocycles. The fourth-order valence-corrected chi connectivity index (χ4v) is 5.93. The van der Waals surface area contributed by atoms with Crippen LogP contribution in [0.25, 0.3) is 54.2 Å². The number of fused-ring (bicyclic) bond motifs is 8. The molecule has 6 aromatic rings. The Hall–Kier alpha value is -3.64. The summed E-state index contributed by atoms with van der Waals surface area (Å²) in [7, 11) is 0. The smallest absolute Gasteiger partial charge is 0.0159 e. The van der Waals surface area contributed by atoms with E-state index in [4.69, 9.17) is 0 Å². The van der Waals surface area contributed by atoms with Gasteiger partial charge in [0, 0.05) is 5.41 Å². The number of rotatable bonds is 0. The fraction of sp³-hybridized carbons (Fsp3) is 0.0968. The van der Waals surface area contributed by atoms with Crippen molar-refractivity contribution in [3.63, 3.8) is 0 Å². The maximum Gasteiger partial charge on any atom is 0.0159 e. The third-order valence-corrected chi connectivity index (χ3v) is 7.39. The zero-order chi connectivity index (χ0) is 20.7. The van der Waals surface area contributed by atoms with Gasteiger partial charge in [-0.15, -0.1) is 0 Å². The van der Waals surface area contributed by atoms with Gasteiger partial charge in [-0.2, -0.15) is 0 Å². The Morgan fingerprint density at radius 3 is 2.00 bits per heavy atom. The van der Waals surface area contributed by atoms with Crippen LogP contribution < -0.4 is 0 Å². The Balaban J connectivity index is 1.85. The highest BCUT2D eigenvalue weighted by molar-refractivity contribution is 6.24. The Kier molecular flexibility index (Phi) is 3.16. The Morgan fingerprint density at radius 1 is 0.452 bits per heavy atom. The van der Waals surface area contributed by atoms with Crippen molar-refractivity contribution in [2.75, 3.05) is 0 Å². The summed E-state index contributed by atoms with van der Waals surface area (Å²) in [5.41, 5.74) is 5.61. The summed E-state index contributed by atoms with van der Waals surface area (Å²) in [5.74, 6) is 0. The summed E-state index contributed by atoms with van der Waals surface area (Å²) in [6, 6.07) is 36.1. The maximum atomic E-state index is 2.38. The molecular weight excluding hydrogens is 372 g/mol. The van der Waals surface area contributed by atoms with Crippen LogP contribution in [0.5, 0.6) is 0 Å². The fourth-order valence-electron chi connectivity index (χ4n) is 5.93. The van der Waals surface area contributed by atoms with Crippen molar-refractivity contribution in [1.82, 2.24) is 0 Å². The predicted molar refractivity (Wildman–Crippen MR) is 134 cm³/mol. The van der Waals surface area contributed by atoms with Crippen LogP contribution in [0.2, 0.25) is 0 Å². The Morgan fingerprint density at radius 2 is 1.13 bits per heavy atom.